The monoisotopic (exact) mass is 275 g/mol. The summed E-state index contributed by atoms with van der Waals surface area (Å²) in [6, 6.07) is 10.3. The molecule has 2 unspecified atom stereocenters. The van der Waals surface area contributed by atoms with Crippen molar-refractivity contribution >= 4 is 5.91 Å². The van der Waals surface area contributed by atoms with Crippen LogP contribution in [0.4, 0.5) is 0 Å². The summed E-state index contributed by atoms with van der Waals surface area (Å²) in [6.45, 7) is 4.44. The molecule has 4 nitrogen and oxygen atoms in total. The van der Waals surface area contributed by atoms with Crippen molar-refractivity contribution in [3.8, 4) is 0 Å². The first kappa shape index (κ1) is 15.0. The Morgan fingerprint density at radius 3 is 2.80 bits per heavy atom. The third-order valence-corrected chi connectivity index (χ3v) is 3.87. The Morgan fingerprint density at radius 1 is 1.45 bits per heavy atom. The lowest BCUT2D eigenvalue weighted by Crippen LogP contribution is -2.47. The van der Waals surface area contributed by atoms with Crippen molar-refractivity contribution in [3.05, 3.63) is 35.9 Å². The minimum Gasteiger partial charge on any atom is -0.337 e. The largest absolute Gasteiger partial charge is 0.337 e. The van der Waals surface area contributed by atoms with E-state index in [4.69, 9.17) is 5.73 Å². The van der Waals surface area contributed by atoms with E-state index in [0.29, 0.717) is 6.04 Å². The molecule has 1 aliphatic rings. The highest BCUT2D eigenvalue weighted by atomic mass is 16.2. The zero-order valence-electron chi connectivity index (χ0n) is 12.5. The summed E-state index contributed by atoms with van der Waals surface area (Å²) in [7, 11) is 2.11. The van der Waals surface area contributed by atoms with Gasteiger partial charge in [0.2, 0.25) is 5.91 Å². The molecule has 2 rings (SSSR count). The van der Waals surface area contributed by atoms with Crippen molar-refractivity contribution < 1.29 is 4.79 Å². The number of likely N-dealkylation sites (tertiary alicyclic amines) is 1. The molecule has 1 aromatic rings. The molecular weight excluding hydrogens is 250 g/mol. The third kappa shape index (κ3) is 3.81. The number of hydrogen-bond donors (Lipinski definition) is 1. The van der Waals surface area contributed by atoms with E-state index in [1.54, 1.807) is 6.92 Å². The second-order valence-corrected chi connectivity index (χ2v) is 5.80. The second kappa shape index (κ2) is 6.86. The summed E-state index contributed by atoms with van der Waals surface area (Å²) in [5, 5.41) is 0. The van der Waals surface area contributed by atoms with Crippen LogP contribution in [0, 0.1) is 0 Å². The fourth-order valence-corrected chi connectivity index (χ4v) is 2.90. The Balaban J connectivity index is 1.90. The molecule has 0 spiro atoms. The average Bonchev–Trinajstić information content (AvgIpc) is 2.86. The first-order chi connectivity index (χ1) is 9.58. The maximum absolute atomic E-state index is 12.1. The van der Waals surface area contributed by atoms with Crippen molar-refractivity contribution in [1.82, 2.24) is 9.80 Å². The minimum atomic E-state index is -0.393. The van der Waals surface area contributed by atoms with E-state index in [1.807, 2.05) is 11.0 Å². The van der Waals surface area contributed by atoms with Crippen LogP contribution in [0.2, 0.25) is 0 Å². The Morgan fingerprint density at radius 2 is 2.15 bits per heavy atom. The van der Waals surface area contributed by atoms with Crippen molar-refractivity contribution in [2.45, 2.75) is 38.4 Å². The van der Waals surface area contributed by atoms with E-state index >= 15 is 0 Å². The lowest BCUT2D eigenvalue weighted by molar-refractivity contribution is -0.133. The number of benzene rings is 1. The highest BCUT2D eigenvalue weighted by Crippen LogP contribution is 2.19. The fourth-order valence-electron chi connectivity index (χ4n) is 2.90. The van der Waals surface area contributed by atoms with E-state index in [0.717, 1.165) is 32.5 Å². The van der Waals surface area contributed by atoms with Crippen LogP contribution < -0.4 is 5.73 Å². The van der Waals surface area contributed by atoms with Gasteiger partial charge < -0.3 is 15.5 Å². The molecule has 0 aromatic heterocycles. The summed E-state index contributed by atoms with van der Waals surface area (Å²) in [5.41, 5.74) is 7.03. The van der Waals surface area contributed by atoms with Gasteiger partial charge >= 0.3 is 0 Å². The maximum Gasteiger partial charge on any atom is 0.239 e. The zero-order valence-corrected chi connectivity index (χ0v) is 12.5. The predicted molar refractivity (Wildman–Crippen MR) is 81.2 cm³/mol. The molecule has 4 heteroatoms. The molecule has 1 fully saturated rings. The Hall–Kier alpha value is -1.39. The second-order valence-electron chi connectivity index (χ2n) is 5.80. The van der Waals surface area contributed by atoms with E-state index in [2.05, 4.69) is 36.2 Å². The van der Waals surface area contributed by atoms with Gasteiger partial charge in [-0.1, -0.05) is 30.3 Å². The molecule has 1 heterocycles. The molecule has 0 aliphatic carbocycles. The molecule has 0 saturated carbocycles. The summed E-state index contributed by atoms with van der Waals surface area (Å²) in [5.74, 6) is 0.0839. The van der Waals surface area contributed by atoms with Crippen molar-refractivity contribution in [3.63, 3.8) is 0 Å². The average molecular weight is 275 g/mol. The van der Waals surface area contributed by atoms with Gasteiger partial charge in [0.05, 0.1) is 6.04 Å². The lowest BCUT2D eigenvalue weighted by atomic mass is 10.1. The molecule has 110 valence electrons. The molecule has 2 N–H and O–H groups in total. The molecule has 1 saturated heterocycles. The molecular formula is C16H25N3O. The number of carbonyl (C=O) groups is 1. The zero-order chi connectivity index (χ0) is 14.5. The van der Waals surface area contributed by atoms with Gasteiger partial charge in [0.1, 0.15) is 0 Å². The van der Waals surface area contributed by atoms with Crippen molar-refractivity contribution in [2.24, 2.45) is 5.73 Å². The van der Waals surface area contributed by atoms with Gasteiger partial charge in [0.15, 0.2) is 0 Å². The van der Waals surface area contributed by atoms with Crippen LogP contribution in [0.15, 0.2) is 30.3 Å². The van der Waals surface area contributed by atoms with Crippen LogP contribution in [0.3, 0.4) is 0 Å². The number of likely N-dealkylation sites (N-methyl/N-ethyl adjacent to an activating group) is 1. The van der Waals surface area contributed by atoms with Crippen LogP contribution >= 0.6 is 0 Å². The van der Waals surface area contributed by atoms with Crippen LogP contribution in [-0.2, 0) is 11.3 Å². The summed E-state index contributed by atoms with van der Waals surface area (Å²) >= 11 is 0. The molecule has 20 heavy (non-hydrogen) atoms. The van der Waals surface area contributed by atoms with Crippen LogP contribution in [0.5, 0.6) is 0 Å². The summed E-state index contributed by atoms with van der Waals surface area (Å²) in [4.78, 5) is 16.3. The van der Waals surface area contributed by atoms with Crippen LogP contribution in [-0.4, -0.2) is 47.9 Å². The smallest absolute Gasteiger partial charge is 0.239 e. The Bertz CT molecular complexity index is 433. The van der Waals surface area contributed by atoms with Gasteiger partial charge in [0.25, 0.3) is 0 Å². The highest BCUT2D eigenvalue weighted by Gasteiger charge is 2.30. The van der Waals surface area contributed by atoms with Gasteiger partial charge in [-0.15, -0.1) is 0 Å². The van der Waals surface area contributed by atoms with Gasteiger partial charge in [-0.2, -0.15) is 0 Å². The minimum absolute atomic E-state index is 0.0839. The molecule has 2 atom stereocenters. The quantitative estimate of drug-likeness (QED) is 0.885. The first-order valence-corrected chi connectivity index (χ1v) is 7.36. The summed E-state index contributed by atoms with van der Waals surface area (Å²) < 4.78 is 0. The number of carbonyl (C=O) groups excluding carboxylic acids is 1. The van der Waals surface area contributed by atoms with Crippen molar-refractivity contribution in [2.75, 3.05) is 20.1 Å². The first-order valence-electron chi connectivity index (χ1n) is 7.36. The molecule has 0 bridgehead atoms. The molecule has 1 amide bonds. The van der Waals surface area contributed by atoms with Gasteiger partial charge in [-0.3, -0.25) is 4.79 Å². The van der Waals surface area contributed by atoms with Crippen LogP contribution in [0.1, 0.15) is 25.3 Å². The number of hydrogen-bond acceptors (Lipinski definition) is 3. The van der Waals surface area contributed by atoms with Crippen molar-refractivity contribution in [1.29, 1.82) is 0 Å². The molecule has 1 aromatic carbocycles. The van der Waals surface area contributed by atoms with Gasteiger partial charge in [-0.25, -0.2) is 0 Å². The topological polar surface area (TPSA) is 49.6 Å². The van der Waals surface area contributed by atoms with Gasteiger partial charge in [0, 0.05) is 25.7 Å². The number of amides is 1. The molecule has 1 aliphatic heterocycles. The standard InChI is InChI=1S/C16H25N3O/c1-13(17)16(20)19-10-6-9-15(19)12-18(2)11-14-7-4-3-5-8-14/h3-5,7-8,13,15H,6,9-12,17H2,1-2H3. The van der Waals surface area contributed by atoms with E-state index in [-0.39, 0.29) is 5.91 Å². The normalized spacial score (nSPS) is 20.4. The summed E-state index contributed by atoms with van der Waals surface area (Å²) in [6.07, 6.45) is 2.17. The Kier molecular flexibility index (Phi) is 5.15. The highest BCUT2D eigenvalue weighted by molar-refractivity contribution is 5.81. The number of rotatable bonds is 5. The number of nitrogens with zero attached hydrogens (tertiary/aromatic N) is 2. The fraction of sp³-hybridized carbons (Fsp3) is 0.562. The SMILES string of the molecule is CC(N)C(=O)N1CCCC1CN(C)Cc1ccccc1. The van der Waals surface area contributed by atoms with E-state index in [1.165, 1.54) is 5.56 Å². The predicted octanol–water partition coefficient (Wildman–Crippen LogP) is 1.46. The van der Waals surface area contributed by atoms with E-state index < -0.39 is 6.04 Å². The van der Waals surface area contributed by atoms with Crippen LogP contribution in [0.25, 0.3) is 0 Å². The maximum atomic E-state index is 12.1. The molecule has 0 radical (unpaired) electrons. The number of nitrogens with two attached hydrogens (primary N) is 1. The third-order valence-electron chi connectivity index (χ3n) is 3.87. The van der Waals surface area contributed by atoms with E-state index in [9.17, 15) is 4.79 Å². The van der Waals surface area contributed by atoms with Gasteiger partial charge in [-0.05, 0) is 32.4 Å². The Labute approximate surface area is 121 Å². The lowest BCUT2D eigenvalue weighted by Gasteiger charge is -2.30.